The highest BCUT2D eigenvalue weighted by Crippen LogP contribution is 2.29. The number of H-pyrrole nitrogens is 1. The van der Waals surface area contributed by atoms with Crippen molar-refractivity contribution in [2.24, 2.45) is 0 Å². The van der Waals surface area contributed by atoms with Crippen LogP contribution in [0, 0.1) is 11.3 Å². The lowest BCUT2D eigenvalue weighted by molar-refractivity contribution is 0.324. The van der Waals surface area contributed by atoms with Gasteiger partial charge in [0.1, 0.15) is 0 Å². The van der Waals surface area contributed by atoms with Crippen LogP contribution in [0.4, 0.5) is 5.95 Å². The van der Waals surface area contributed by atoms with E-state index in [1.165, 1.54) is 0 Å². The number of aromatic nitrogens is 3. The normalized spacial score (nSPS) is 18.2. The highest BCUT2D eigenvalue weighted by Gasteiger charge is 2.29. The Balaban J connectivity index is 1.57. The molecule has 1 aromatic carbocycles. The predicted octanol–water partition coefficient (Wildman–Crippen LogP) is 4.54. The standard InChI is InChI=1S/C23H26N6/c1-15-11-17(13-23(2,3)29-15)27-22-25-10-8-20(28-22)19-14-26-21-12-16(5-4-9-24)6-7-18(19)21/h6-8,10,12,14,17,26,29H,1,4-5,11,13H2,2-3H3,(H,25,27,28). The Morgan fingerprint density at radius 2 is 2.21 bits per heavy atom. The molecule has 1 unspecified atom stereocenters. The van der Waals surface area contributed by atoms with Crippen molar-refractivity contribution >= 4 is 16.9 Å². The van der Waals surface area contributed by atoms with Gasteiger partial charge < -0.3 is 15.6 Å². The number of nitriles is 1. The Hall–Kier alpha value is -3.33. The van der Waals surface area contributed by atoms with Crippen LogP contribution in [0.2, 0.25) is 0 Å². The molecule has 1 fully saturated rings. The average molecular weight is 387 g/mol. The molecule has 0 amide bonds. The number of benzene rings is 1. The van der Waals surface area contributed by atoms with E-state index in [4.69, 9.17) is 10.2 Å². The lowest BCUT2D eigenvalue weighted by Crippen LogP contribution is -2.48. The van der Waals surface area contributed by atoms with Gasteiger partial charge in [-0.3, -0.25) is 0 Å². The van der Waals surface area contributed by atoms with E-state index in [1.54, 1.807) is 6.20 Å². The average Bonchev–Trinajstić information content (AvgIpc) is 3.08. The third-order valence-corrected chi connectivity index (χ3v) is 5.30. The van der Waals surface area contributed by atoms with Gasteiger partial charge in [-0.1, -0.05) is 18.7 Å². The molecular weight excluding hydrogens is 360 g/mol. The van der Waals surface area contributed by atoms with Crippen molar-refractivity contribution in [3.8, 4) is 17.3 Å². The Kier molecular flexibility index (Phi) is 4.98. The van der Waals surface area contributed by atoms with Gasteiger partial charge in [0.25, 0.3) is 0 Å². The van der Waals surface area contributed by atoms with E-state index in [0.29, 0.717) is 12.4 Å². The molecule has 0 spiro atoms. The van der Waals surface area contributed by atoms with Gasteiger partial charge in [0.15, 0.2) is 0 Å². The van der Waals surface area contributed by atoms with Crippen molar-refractivity contribution in [1.29, 1.82) is 5.26 Å². The zero-order valence-electron chi connectivity index (χ0n) is 16.9. The molecule has 3 aromatic rings. The summed E-state index contributed by atoms with van der Waals surface area (Å²) < 4.78 is 0. The van der Waals surface area contributed by atoms with Crippen LogP contribution in [0.1, 0.15) is 38.7 Å². The topological polar surface area (TPSA) is 89.4 Å². The minimum absolute atomic E-state index is 0.00467. The Morgan fingerprint density at radius 1 is 1.34 bits per heavy atom. The Bertz CT molecular complexity index is 1090. The van der Waals surface area contributed by atoms with Crippen LogP contribution in [0.5, 0.6) is 0 Å². The molecule has 6 heteroatoms. The van der Waals surface area contributed by atoms with Gasteiger partial charge >= 0.3 is 0 Å². The number of hydrogen-bond acceptors (Lipinski definition) is 5. The fourth-order valence-corrected chi connectivity index (χ4v) is 4.17. The van der Waals surface area contributed by atoms with Gasteiger partial charge in [-0.25, -0.2) is 9.97 Å². The van der Waals surface area contributed by atoms with Crippen LogP contribution < -0.4 is 10.6 Å². The third-order valence-electron chi connectivity index (χ3n) is 5.30. The van der Waals surface area contributed by atoms with Gasteiger partial charge in [-0.15, -0.1) is 0 Å². The summed E-state index contributed by atoms with van der Waals surface area (Å²) in [6.07, 6.45) is 6.90. The molecule has 2 aromatic heterocycles. The summed E-state index contributed by atoms with van der Waals surface area (Å²) in [7, 11) is 0. The number of anilines is 1. The second-order valence-electron chi connectivity index (χ2n) is 8.37. The zero-order chi connectivity index (χ0) is 20.4. The van der Waals surface area contributed by atoms with Gasteiger partial charge in [-0.05, 0) is 44.4 Å². The number of nitrogens with zero attached hydrogens (tertiary/aromatic N) is 3. The summed E-state index contributed by atoms with van der Waals surface area (Å²) in [4.78, 5) is 12.5. The molecule has 148 valence electrons. The molecule has 6 nitrogen and oxygen atoms in total. The maximum absolute atomic E-state index is 8.79. The molecule has 0 saturated carbocycles. The first-order chi connectivity index (χ1) is 13.9. The molecule has 0 radical (unpaired) electrons. The number of nitrogens with one attached hydrogen (secondary N) is 3. The first kappa shape index (κ1) is 19.0. The molecular formula is C23H26N6. The number of aryl methyl sites for hydroxylation is 1. The predicted molar refractivity (Wildman–Crippen MR) is 116 cm³/mol. The summed E-state index contributed by atoms with van der Waals surface area (Å²) >= 11 is 0. The Morgan fingerprint density at radius 3 is 3.00 bits per heavy atom. The van der Waals surface area contributed by atoms with Crippen molar-refractivity contribution in [1.82, 2.24) is 20.3 Å². The van der Waals surface area contributed by atoms with Crippen molar-refractivity contribution in [3.63, 3.8) is 0 Å². The molecule has 0 aliphatic carbocycles. The fraction of sp³-hybridized carbons (Fsp3) is 0.348. The van der Waals surface area contributed by atoms with E-state index in [1.807, 2.05) is 12.3 Å². The quantitative estimate of drug-likeness (QED) is 0.599. The number of aromatic amines is 1. The lowest BCUT2D eigenvalue weighted by atomic mass is 9.88. The van der Waals surface area contributed by atoms with Crippen molar-refractivity contribution < 1.29 is 0 Å². The molecule has 4 rings (SSSR count). The van der Waals surface area contributed by atoms with E-state index < -0.39 is 0 Å². The van der Waals surface area contributed by atoms with Crippen molar-refractivity contribution in [2.75, 3.05) is 5.32 Å². The summed E-state index contributed by atoms with van der Waals surface area (Å²) in [6.45, 7) is 8.47. The monoisotopic (exact) mass is 386 g/mol. The second kappa shape index (κ2) is 7.59. The molecule has 29 heavy (non-hydrogen) atoms. The molecule has 0 bridgehead atoms. The SMILES string of the molecule is C=C1CC(Nc2nccc(-c3c[nH]c4cc(CCC#N)ccc34)n2)CC(C)(C)N1. The van der Waals surface area contributed by atoms with Crippen LogP contribution in [-0.2, 0) is 6.42 Å². The largest absolute Gasteiger partial charge is 0.384 e. The lowest BCUT2D eigenvalue weighted by Gasteiger charge is -2.38. The molecule has 1 aliphatic heterocycles. The van der Waals surface area contributed by atoms with Gasteiger partial charge in [-0.2, -0.15) is 5.26 Å². The van der Waals surface area contributed by atoms with E-state index in [2.05, 4.69) is 65.3 Å². The van der Waals surface area contributed by atoms with E-state index in [9.17, 15) is 0 Å². The summed E-state index contributed by atoms with van der Waals surface area (Å²) in [5.74, 6) is 0.637. The number of hydrogen-bond donors (Lipinski definition) is 3. The molecule has 3 N–H and O–H groups in total. The first-order valence-corrected chi connectivity index (χ1v) is 9.96. The third kappa shape index (κ3) is 4.24. The van der Waals surface area contributed by atoms with Crippen LogP contribution in [0.15, 0.2) is 48.9 Å². The summed E-state index contributed by atoms with van der Waals surface area (Å²) in [6, 6.07) is 10.7. The van der Waals surface area contributed by atoms with Crippen molar-refractivity contribution in [3.05, 3.63) is 54.5 Å². The van der Waals surface area contributed by atoms with Gasteiger partial charge in [0.05, 0.1) is 11.8 Å². The highest BCUT2D eigenvalue weighted by atomic mass is 15.1. The Labute approximate surface area is 171 Å². The smallest absolute Gasteiger partial charge is 0.223 e. The van der Waals surface area contributed by atoms with Crippen molar-refractivity contribution in [2.45, 2.75) is 51.1 Å². The minimum Gasteiger partial charge on any atom is -0.384 e. The molecule has 1 atom stereocenters. The van der Waals surface area contributed by atoms with Crippen LogP contribution in [0.25, 0.3) is 22.2 Å². The molecule has 3 heterocycles. The van der Waals surface area contributed by atoms with E-state index in [0.717, 1.165) is 52.7 Å². The second-order valence-corrected chi connectivity index (χ2v) is 8.37. The number of piperidine rings is 1. The fourth-order valence-electron chi connectivity index (χ4n) is 4.17. The maximum Gasteiger partial charge on any atom is 0.223 e. The zero-order valence-corrected chi connectivity index (χ0v) is 16.9. The van der Waals surface area contributed by atoms with Crippen LogP contribution in [0.3, 0.4) is 0 Å². The van der Waals surface area contributed by atoms with Crippen LogP contribution >= 0.6 is 0 Å². The minimum atomic E-state index is 0.00467. The number of rotatable bonds is 5. The first-order valence-electron chi connectivity index (χ1n) is 9.96. The van der Waals surface area contributed by atoms with Crippen LogP contribution in [-0.4, -0.2) is 26.5 Å². The number of fused-ring (bicyclic) bond motifs is 1. The van der Waals surface area contributed by atoms with E-state index >= 15 is 0 Å². The molecule has 1 saturated heterocycles. The summed E-state index contributed by atoms with van der Waals surface area (Å²) in [5.41, 5.74) is 5.19. The summed E-state index contributed by atoms with van der Waals surface area (Å²) in [5, 5.41) is 16.8. The van der Waals surface area contributed by atoms with Gasteiger partial charge in [0, 0.05) is 59.0 Å². The maximum atomic E-state index is 8.79. The molecule has 1 aliphatic rings. The van der Waals surface area contributed by atoms with E-state index in [-0.39, 0.29) is 11.6 Å². The highest BCUT2D eigenvalue weighted by molar-refractivity contribution is 5.95. The van der Waals surface area contributed by atoms with Gasteiger partial charge in [0.2, 0.25) is 5.95 Å².